The van der Waals surface area contributed by atoms with E-state index in [1.54, 1.807) is 12.1 Å². The molecule has 2 amide bonds. The van der Waals surface area contributed by atoms with Crippen LogP contribution in [-0.4, -0.2) is 36.3 Å². The van der Waals surface area contributed by atoms with Crippen LogP contribution in [0.3, 0.4) is 0 Å². The molecule has 1 atom stereocenters. The van der Waals surface area contributed by atoms with Crippen LogP contribution >= 0.6 is 0 Å². The number of carbonyl (C=O) groups excluding carboxylic acids is 2. The number of hydrogen-bond acceptors (Lipinski definition) is 3. The number of amides is 2. The topological polar surface area (TPSA) is 73.2 Å². The lowest BCUT2D eigenvalue weighted by Gasteiger charge is -2.36. The summed E-state index contributed by atoms with van der Waals surface area (Å²) in [5.74, 6) is 0.183. The van der Waals surface area contributed by atoms with Gasteiger partial charge in [-0.25, -0.2) is 0 Å². The molecule has 1 heterocycles. The van der Waals surface area contributed by atoms with Gasteiger partial charge in [0.15, 0.2) is 0 Å². The minimum atomic E-state index is -0.796. The van der Waals surface area contributed by atoms with E-state index >= 15 is 0 Å². The molecule has 1 aliphatic heterocycles. The number of rotatable bonds is 4. The highest BCUT2D eigenvalue weighted by atomic mass is 16.2. The Kier molecular flexibility index (Phi) is 5.37. The lowest BCUT2D eigenvalue weighted by Crippen LogP contribution is -2.48. The van der Waals surface area contributed by atoms with Gasteiger partial charge in [-0.2, -0.15) is 5.26 Å². The van der Waals surface area contributed by atoms with Gasteiger partial charge in [-0.3, -0.25) is 9.59 Å². The molecule has 0 spiro atoms. The number of carbonyl (C=O) groups is 2. The number of hydrogen-bond donors (Lipinski definition) is 1. The second-order valence-corrected chi connectivity index (χ2v) is 7.24. The van der Waals surface area contributed by atoms with Crippen LogP contribution in [0.5, 0.6) is 0 Å². The molecule has 0 bridgehead atoms. The first-order chi connectivity index (χ1) is 12.1. The molecular formula is C20H25N3O2. The van der Waals surface area contributed by atoms with Crippen LogP contribution in [0.1, 0.15) is 48.9 Å². The van der Waals surface area contributed by atoms with Crippen LogP contribution in [0.2, 0.25) is 0 Å². The summed E-state index contributed by atoms with van der Waals surface area (Å²) in [4.78, 5) is 26.9. The predicted molar refractivity (Wildman–Crippen MR) is 94.6 cm³/mol. The predicted octanol–water partition coefficient (Wildman–Crippen LogP) is 2.74. The molecule has 3 rings (SSSR count). The minimum Gasteiger partial charge on any atom is -0.352 e. The standard InChI is InChI=1S/C20H25N3O2/c21-15-20(10-4-5-11-20)19(25)23-12-6-7-16(14-23)13-22-18(24)17-8-2-1-3-9-17/h1-3,8-9,16H,4-7,10-14H2,(H,22,24). The molecule has 1 aromatic carbocycles. The van der Waals surface area contributed by atoms with Crippen LogP contribution in [0.25, 0.3) is 0 Å². The van der Waals surface area contributed by atoms with Crippen molar-refractivity contribution in [3.05, 3.63) is 35.9 Å². The smallest absolute Gasteiger partial charge is 0.251 e. The molecule has 1 aliphatic carbocycles. The quantitative estimate of drug-likeness (QED) is 0.916. The zero-order chi connectivity index (χ0) is 17.7. The number of benzene rings is 1. The number of likely N-dealkylation sites (tertiary alicyclic amines) is 1. The van der Waals surface area contributed by atoms with Crippen LogP contribution in [-0.2, 0) is 4.79 Å². The van der Waals surface area contributed by atoms with Crippen molar-refractivity contribution in [2.75, 3.05) is 19.6 Å². The lowest BCUT2D eigenvalue weighted by molar-refractivity contribution is -0.140. The third kappa shape index (κ3) is 3.84. The molecule has 0 radical (unpaired) electrons. The summed E-state index contributed by atoms with van der Waals surface area (Å²) in [5, 5.41) is 12.5. The highest BCUT2D eigenvalue weighted by Crippen LogP contribution is 2.39. The monoisotopic (exact) mass is 339 g/mol. The van der Waals surface area contributed by atoms with Gasteiger partial charge >= 0.3 is 0 Å². The van der Waals surface area contributed by atoms with E-state index in [1.165, 1.54) is 0 Å². The first-order valence-electron chi connectivity index (χ1n) is 9.18. The van der Waals surface area contributed by atoms with Gasteiger partial charge in [-0.05, 0) is 43.7 Å². The summed E-state index contributed by atoms with van der Waals surface area (Å²) in [5.41, 5.74) is -0.143. The largest absolute Gasteiger partial charge is 0.352 e. The fourth-order valence-corrected chi connectivity index (χ4v) is 4.00. The second kappa shape index (κ2) is 7.69. The fraction of sp³-hybridized carbons (Fsp3) is 0.550. The third-order valence-electron chi connectivity index (χ3n) is 5.47. The summed E-state index contributed by atoms with van der Waals surface area (Å²) < 4.78 is 0. The van der Waals surface area contributed by atoms with E-state index in [4.69, 9.17) is 0 Å². The SMILES string of the molecule is N#CC1(C(=O)N2CCCC(CNC(=O)c3ccccc3)C2)CCCC1. The highest BCUT2D eigenvalue weighted by Gasteiger charge is 2.44. The van der Waals surface area contributed by atoms with Crippen molar-refractivity contribution in [3.63, 3.8) is 0 Å². The highest BCUT2D eigenvalue weighted by molar-refractivity contribution is 5.94. The first-order valence-corrected chi connectivity index (χ1v) is 9.18. The molecule has 1 N–H and O–H groups in total. The summed E-state index contributed by atoms with van der Waals surface area (Å²) in [6.45, 7) is 1.93. The molecule has 1 saturated carbocycles. The molecule has 5 nitrogen and oxygen atoms in total. The normalized spacial score (nSPS) is 22.2. The minimum absolute atomic E-state index is 0.00610. The molecule has 2 fully saturated rings. The van der Waals surface area contributed by atoms with Crippen molar-refractivity contribution in [1.29, 1.82) is 5.26 Å². The molecule has 1 aromatic rings. The second-order valence-electron chi connectivity index (χ2n) is 7.24. The van der Waals surface area contributed by atoms with Gasteiger partial charge in [-0.1, -0.05) is 31.0 Å². The van der Waals surface area contributed by atoms with Gasteiger partial charge in [0, 0.05) is 25.2 Å². The summed E-state index contributed by atoms with van der Waals surface area (Å²) >= 11 is 0. The van der Waals surface area contributed by atoms with E-state index in [1.807, 2.05) is 23.1 Å². The molecule has 25 heavy (non-hydrogen) atoms. The summed E-state index contributed by atoms with van der Waals surface area (Å²) in [6.07, 6.45) is 5.23. The van der Waals surface area contributed by atoms with E-state index in [-0.39, 0.29) is 17.7 Å². The van der Waals surface area contributed by atoms with Crippen LogP contribution in [0, 0.1) is 22.7 Å². The van der Waals surface area contributed by atoms with E-state index in [9.17, 15) is 14.9 Å². The van der Waals surface area contributed by atoms with Gasteiger partial charge in [0.05, 0.1) is 6.07 Å². The number of nitrogens with one attached hydrogen (secondary N) is 1. The maximum Gasteiger partial charge on any atom is 0.251 e. The third-order valence-corrected chi connectivity index (χ3v) is 5.47. The van der Waals surface area contributed by atoms with Gasteiger partial charge < -0.3 is 10.2 Å². The summed E-state index contributed by atoms with van der Waals surface area (Å²) in [7, 11) is 0. The van der Waals surface area contributed by atoms with Gasteiger partial charge in [0.2, 0.25) is 5.91 Å². The molecule has 2 aliphatic rings. The Hall–Kier alpha value is -2.35. The lowest BCUT2D eigenvalue weighted by atomic mass is 9.85. The molecule has 5 heteroatoms. The van der Waals surface area contributed by atoms with Crippen molar-refractivity contribution in [2.24, 2.45) is 11.3 Å². The van der Waals surface area contributed by atoms with Crippen molar-refractivity contribution in [2.45, 2.75) is 38.5 Å². The zero-order valence-electron chi connectivity index (χ0n) is 14.5. The Morgan fingerprint density at radius 3 is 2.60 bits per heavy atom. The van der Waals surface area contributed by atoms with E-state index in [0.717, 1.165) is 32.2 Å². The Morgan fingerprint density at radius 1 is 1.20 bits per heavy atom. The van der Waals surface area contributed by atoms with E-state index in [0.29, 0.717) is 31.5 Å². The Labute approximate surface area is 149 Å². The Bertz CT molecular complexity index is 659. The summed E-state index contributed by atoms with van der Waals surface area (Å²) in [6, 6.07) is 11.5. The van der Waals surface area contributed by atoms with Crippen molar-refractivity contribution in [1.82, 2.24) is 10.2 Å². The van der Waals surface area contributed by atoms with Gasteiger partial charge in [-0.15, -0.1) is 0 Å². The molecular weight excluding hydrogens is 314 g/mol. The van der Waals surface area contributed by atoms with Crippen LogP contribution in [0.4, 0.5) is 0 Å². The fourth-order valence-electron chi connectivity index (χ4n) is 4.00. The molecule has 0 aromatic heterocycles. The first kappa shape index (κ1) is 17.5. The van der Waals surface area contributed by atoms with E-state index in [2.05, 4.69) is 11.4 Å². The van der Waals surface area contributed by atoms with Crippen LogP contribution in [0.15, 0.2) is 30.3 Å². The van der Waals surface area contributed by atoms with Crippen molar-refractivity contribution in [3.8, 4) is 6.07 Å². The molecule has 132 valence electrons. The Morgan fingerprint density at radius 2 is 1.92 bits per heavy atom. The van der Waals surface area contributed by atoms with Crippen LogP contribution < -0.4 is 5.32 Å². The number of piperidine rings is 1. The van der Waals surface area contributed by atoms with Gasteiger partial charge in [0.25, 0.3) is 5.91 Å². The van der Waals surface area contributed by atoms with Gasteiger partial charge in [0.1, 0.15) is 5.41 Å². The molecule has 1 unspecified atom stereocenters. The zero-order valence-corrected chi connectivity index (χ0v) is 14.5. The van der Waals surface area contributed by atoms with E-state index < -0.39 is 5.41 Å². The number of nitriles is 1. The number of nitrogens with zero attached hydrogens (tertiary/aromatic N) is 2. The van der Waals surface area contributed by atoms with Crippen molar-refractivity contribution < 1.29 is 9.59 Å². The van der Waals surface area contributed by atoms with Crippen molar-refractivity contribution >= 4 is 11.8 Å². The average molecular weight is 339 g/mol. The maximum absolute atomic E-state index is 12.9. The molecule has 1 saturated heterocycles. The Balaban J connectivity index is 1.55. The average Bonchev–Trinajstić information content (AvgIpc) is 3.17. The maximum atomic E-state index is 12.9.